The minimum absolute atomic E-state index is 0.520. The highest BCUT2D eigenvalue weighted by Crippen LogP contribution is 2.01. The van der Waals surface area contributed by atoms with Crippen molar-refractivity contribution in [1.29, 1.82) is 5.41 Å². The third-order valence-electron chi connectivity index (χ3n) is 1.70. The van der Waals surface area contributed by atoms with Gasteiger partial charge in [0.15, 0.2) is 0 Å². The molecule has 0 aliphatic heterocycles. The molecule has 0 heterocycles. The van der Waals surface area contributed by atoms with Crippen LogP contribution in [0.4, 0.5) is 0 Å². The van der Waals surface area contributed by atoms with E-state index in [0.717, 1.165) is 11.8 Å². The summed E-state index contributed by atoms with van der Waals surface area (Å²) in [6.45, 7) is 2.02. The quantitative estimate of drug-likeness (QED) is 0.507. The molecule has 0 aliphatic carbocycles. The van der Waals surface area contributed by atoms with Crippen molar-refractivity contribution in [2.24, 2.45) is 5.73 Å². The zero-order valence-corrected chi connectivity index (χ0v) is 8.04. The lowest BCUT2D eigenvalue weighted by atomic mass is 10.1. The Morgan fingerprint density at radius 1 is 1.50 bits per heavy atom. The highest BCUT2D eigenvalue weighted by molar-refractivity contribution is 5.82. The average Bonchev–Trinajstić information content (AvgIpc) is 2.19. The number of rotatable bonds is 1. The molecule has 3 N–H and O–H groups in total. The third-order valence-corrected chi connectivity index (χ3v) is 1.70. The molecule has 0 fully saturated rings. The summed E-state index contributed by atoms with van der Waals surface area (Å²) in [4.78, 5) is 0. The van der Waals surface area contributed by atoms with Gasteiger partial charge in [0, 0.05) is 18.0 Å². The molecule has 0 atom stereocenters. The van der Waals surface area contributed by atoms with Crippen LogP contribution in [0.5, 0.6) is 0 Å². The summed E-state index contributed by atoms with van der Waals surface area (Å²) < 4.78 is 0. The molecule has 1 aromatic carbocycles. The Morgan fingerprint density at radius 2 is 2.29 bits per heavy atom. The van der Waals surface area contributed by atoms with Gasteiger partial charge in [-0.15, -0.1) is 0 Å². The fourth-order valence-electron chi connectivity index (χ4n) is 0.993. The Bertz CT molecular complexity index is 419. The van der Waals surface area contributed by atoms with E-state index in [-0.39, 0.29) is 0 Å². The van der Waals surface area contributed by atoms with Crippen LogP contribution in [-0.2, 0) is 0 Å². The number of hydrogen-bond acceptors (Lipinski definition) is 2. The molecule has 2 heteroatoms. The topological polar surface area (TPSA) is 49.9 Å². The van der Waals surface area contributed by atoms with Crippen LogP contribution >= 0.6 is 0 Å². The summed E-state index contributed by atoms with van der Waals surface area (Å²) in [5.41, 5.74) is 7.89. The molecule has 0 radical (unpaired) electrons. The second-order valence-electron chi connectivity index (χ2n) is 2.89. The van der Waals surface area contributed by atoms with Gasteiger partial charge in [-0.2, -0.15) is 0 Å². The molecule has 0 bridgehead atoms. The van der Waals surface area contributed by atoms with Gasteiger partial charge in [-0.25, -0.2) is 0 Å². The van der Waals surface area contributed by atoms with Crippen molar-refractivity contribution in [2.45, 2.75) is 6.92 Å². The highest BCUT2D eigenvalue weighted by Gasteiger charge is 1.87. The van der Waals surface area contributed by atoms with Crippen molar-refractivity contribution in [1.82, 2.24) is 0 Å². The number of benzene rings is 1. The summed E-state index contributed by atoms with van der Waals surface area (Å²) in [5.74, 6) is 5.74. The van der Waals surface area contributed by atoms with Gasteiger partial charge in [0.1, 0.15) is 0 Å². The maximum atomic E-state index is 6.99. The second-order valence-corrected chi connectivity index (χ2v) is 2.89. The number of nitrogens with one attached hydrogen (secondary N) is 1. The van der Waals surface area contributed by atoms with E-state index in [2.05, 4.69) is 11.8 Å². The fraction of sp³-hybridized carbons (Fsp3) is 0.0833. The molecule has 0 aliphatic rings. The van der Waals surface area contributed by atoms with Crippen molar-refractivity contribution >= 4 is 6.21 Å². The Balaban J connectivity index is 2.93. The monoisotopic (exact) mass is 184 g/mol. The normalized spacial score (nSPS) is 10.2. The van der Waals surface area contributed by atoms with E-state index < -0.39 is 0 Å². The Kier molecular flexibility index (Phi) is 3.51. The Labute approximate surface area is 84.0 Å². The SMILES string of the molecule is Cc1cccc(C#C/C(C=N)=C/N)c1. The van der Waals surface area contributed by atoms with E-state index in [1.807, 2.05) is 31.2 Å². The lowest BCUT2D eigenvalue weighted by Gasteiger charge is -1.92. The van der Waals surface area contributed by atoms with E-state index in [0.29, 0.717) is 5.57 Å². The van der Waals surface area contributed by atoms with Crippen molar-refractivity contribution in [3.63, 3.8) is 0 Å². The van der Waals surface area contributed by atoms with E-state index in [1.165, 1.54) is 11.8 Å². The molecule has 0 spiro atoms. The predicted molar refractivity (Wildman–Crippen MR) is 59.1 cm³/mol. The summed E-state index contributed by atoms with van der Waals surface area (Å²) in [6.07, 6.45) is 2.47. The van der Waals surface area contributed by atoms with E-state index in [9.17, 15) is 0 Å². The predicted octanol–water partition coefficient (Wildman–Crippen LogP) is 1.84. The van der Waals surface area contributed by atoms with Gasteiger partial charge >= 0.3 is 0 Å². The van der Waals surface area contributed by atoms with Crippen LogP contribution in [0.1, 0.15) is 11.1 Å². The van der Waals surface area contributed by atoms with Gasteiger partial charge in [0.2, 0.25) is 0 Å². The van der Waals surface area contributed by atoms with E-state index in [4.69, 9.17) is 11.1 Å². The van der Waals surface area contributed by atoms with Crippen LogP contribution in [0.25, 0.3) is 0 Å². The van der Waals surface area contributed by atoms with Crippen molar-refractivity contribution in [3.05, 3.63) is 47.2 Å². The standard InChI is InChI=1S/C12H12N2/c1-10-3-2-4-11(7-10)5-6-12(8-13)9-14/h2-4,7-9,13H,14H2,1H3/b12-9-,13-8?. The van der Waals surface area contributed by atoms with Crippen molar-refractivity contribution in [2.75, 3.05) is 0 Å². The smallest absolute Gasteiger partial charge is 0.0579 e. The molecule has 2 nitrogen and oxygen atoms in total. The molecule has 0 unspecified atom stereocenters. The van der Waals surface area contributed by atoms with Crippen LogP contribution in [0.3, 0.4) is 0 Å². The van der Waals surface area contributed by atoms with Gasteiger partial charge in [-0.05, 0) is 24.6 Å². The third kappa shape index (κ3) is 2.80. The molecule has 1 rings (SSSR count). The zero-order chi connectivity index (χ0) is 10.4. The van der Waals surface area contributed by atoms with Gasteiger partial charge < -0.3 is 11.1 Å². The summed E-state index contributed by atoms with van der Waals surface area (Å²) in [6, 6.07) is 7.89. The first kappa shape index (κ1) is 10.1. The van der Waals surface area contributed by atoms with Crippen LogP contribution < -0.4 is 5.73 Å². The Morgan fingerprint density at radius 3 is 2.86 bits per heavy atom. The summed E-state index contributed by atoms with van der Waals surface area (Å²) in [5, 5.41) is 6.99. The first-order chi connectivity index (χ1) is 6.76. The lowest BCUT2D eigenvalue weighted by molar-refractivity contribution is 1.45. The van der Waals surface area contributed by atoms with Crippen LogP contribution in [0, 0.1) is 24.2 Å². The molecule has 0 aromatic heterocycles. The van der Waals surface area contributed by atoms with Gasteiger partial charge in [0.25, 0.3) is 0 Å². The van der Waals surface area contributed by atoms with E-state index >= 15 is 0 Å². The molecule has 0 saturated carbocycles. The largest absolute Gasteiger partial charge is 0.404 e. The summed E-state index contributed by atoms with van der Waals surface area (Å²) in [7, 11) is 0. The molecule has 70 valence electrons. The average molecular weight is 184 g/mol. The van der Waals surface area contributed by atoms with Crippen LogP contribution in [-0.4, -0.2) is 6.21 Å². The van der Waals surface area contributed by atoms with Crippen LogP contribution in [0.15, 0.2) is 36.0 Å². The molecular formula is C12H12N2. The molecule has 0 amide bonds. The summed E-state index contributed by atoms with van der Waals surface area (Å²) >= 11 is 0. The van der Waals surface area contributed by atoms with Gasteiger partial charge in [-0.1, -0.05) is 24.0 Å². The Hall–Kier alpha value is -2.01. The molecule has 1 aromatic rings. The van der Waals surface area contributed by atoms with E-state index in [1.54, 1.807) is 0 Å². The van der Waals surface area contributed by atoms with Gasteiger partial charge in [-0.3, -0.25) is 0 Å². The number of allylic oxidation sites excluding steroid dienone is 1. The van der Waals surface area contributed by atoms with Gasteiger partial charge in [0.05, 0.1) is 5.57 Å². The maximum Gasteiger partial charge on any atom is 0.0579 e. The first-order valence-corrected chi connectivity index (χ1v) is 4.27. The minimum atomic E-state index is 0.520. The fourth-order valence-corrected chi connectivity index (χ4v) is 0.993. The molecular weight excluding hydrogens is 172 g/mol. The lowest BCUT2D eigenvalue weighted by Crippen LogP contribution is -1.86. The second kappa shape index (κ2) is 4.88. The van der Waals surface area contributed by atoms with Crippen molar-refractivity contribution < 1.29 is 0 Å². The molecule has 0 saturated heterocycles. The first-order valence-electron chi connectivity index (χ1n) is 4.27. The van der Waals surface area contributed by atoms with Crippen molar-refractivity contribution in [3.8, 4) is 11.8 Å². The highest BCUT2D eigenvalue weighted by atomic mass is 14.5. The maximum absolute atomic E-state index is 6.99. The number of hydrogen-bond donors (Lipinski definition) is 2. The number of aryl methyl sites for hydroxylation is 1. The van der Waals surface area contributed by atoms with Crippen LogP contribution in [0.2, 0.25) is 0 Å². The zero-order valence-electron chi connectivity index (χ0n) is 8.04. The molecule has 14 heavy (non-hydrogen) atoms. The minimum Gasteiger partial charge on any atom is -0.404 e. The number of nitrogens with two attached hydrogens (primary N) is 1.